The zero-order valence-electron chi connectivity index (χ0n) is 7.89. The van der Waals surface area contributed by atoms with Gasteiger partial charge in [0.1, 0.15) is 5.60 Å². The SMILES string of the molecule is CCOC(C)(CN)C(C)OC. The molecule has 2 N–H and O–H groups in total. The normalized spacial score (nSPS) is 19.4. The van der Waals surface area contributed by atoms with Crippen molar-refractivity contribution < 1.29 is 9.47 Å². The third-order valence-electron chi connectivity index (χ3n) is 2.09. The topological polar surface area (TPSA) is 44.5 Å². The van der Waals surface area contributed by atoms with Gasteiger partial charge >= 0.3 is 0 Å². The molecule has 2 atom stereocenters. The van der Waals surface area contributed by atoms with E-state index in [4.69, 9.17) is 15.2 Å². The van der Waals surface area contributed by atoms with Crippen molar-refractivity contribution in [1.82, 2.24) is 0 Å². The van der Waals surface area contributed by atoms with Crippen LogP contribution in [-0.4, -0.2) is 32.0 Å². The van der Waals surface area contributed by atoms with Gasteiger partial charge in [0.15, 0.2) is 0 Å². The van der Waals surface area contributed by atoms with Crippen LogP contribution in [0, 0.1) is 0 Å². The monoisotopic (exact) mass is 161 g/mol. The van der Waals surface area contributed by atoms with Gasteiger partial charge in [-0.3, -0.25) is 0 Å². The van der Waals surface area contributed by atoms with Gasteiger partial charge in [-0.25, -0.2) is 0 Å². The number of methoxy groups -OCH3 is 1. The van der Waals surface area contributed by atoms with Gasteiger partial charge in [-0.2, -0.15) is 0 Å². The van der Waals surface area contributed by atoms with E-state index in [1.54, 1.807) is 7.11 Å². The molecule has 3 nitrogen and oxygen atoms in total. The Bertz CT molecular complexity index is 108. The Labute approximate surface area is 68.9 Å². The van der Waals surface area contributed by atoms with Gasteiger partial charge in [-0.15, -0.1) is 0 Å². The van der Waals surface area contributed by atoms with Gasteiger partial charge in [0.2, 0.25) is 0 Å². The van der Waals surface area contributed by atoms with Gasteiger partial charge in [0.05, 0.1) is 6.10 Å². The lowest BCUT2D eigenvalue weighted by molar-refractivity contribution is -0.109. The van der Waals surface area contributed by atoms with E-state index >= 15 is 0 Å². The molecule has 0 amide bonds. The highest BCUT2D eigenvalue weighted by Gasteiger charge is 2.30. The predicted octanol–water partition coefficient (Wildman–Crippen LogP) is 0.775. The first-order valence-electron chi connectivity index (χ1n) is 3.97. The molecule has 0 fully saturated rings. The first kappa shape index (κ1) is 10.9. The Kier molecular flexibility index (Phi) is 4.65. The zero-order chi connectivity index (χ0) is 8.91. The summed E-state index contributed by atoms with van der Waals surface area (Å²) in [5.74, 6) is 0. The average molecular weight is 161 g/mol. The molecular formula is C8H19NO2. The first-order valence-corrected chi connectivity index (χ1v) is 3.97. The summed E-state index contributed by atoms with van der Waals surface area (Å²) < 4.78 is 10.6. The second kappa shape index (κ2) is 4.70. The summed E-state index contributed by atoms with van der Waals surface area (Å²) in [6.45, 7) is 7.03. The molecule has 0 aliphatic carbocycles. The summed E-state index contributed by atoms with van der Waals surface area (Å²) in [5, 5.41) is 0. The van der Waals surface area contributed by atoms with E-state index in [2.05, 4.69) is 0 Å². The molecule has 0 aliphatic rings. The Hall–Kier alpha value is -0.120. The van der Waals surface area contributed by atoms with E-state index in [0.29, 0.717) is 13.2 Å². The fourth-order valence-corrected chi connectivity index (χ4v) is 0.921. The van der Waals surface area contributed by atoms with Crippen molar-refractivity contribution in [3.05, 3.63) is 0 Å². The van der Waals surface area contributed by atoms with Crippen LogP contribution < -0.4 is 5.73 Å². The van der Waals surface area contributed by atoms with Crippen molar-refractivity contribution in [2.24, 2.45) is 5.73 Å². The molecule has 0 spiro atoms. The Balaban J connectivity index is 4.07. The third kappa shape index (κ3) is 2.77. The van der Waals surface area contributed by atoms with Gasteiger partial charge in [-0.05, 0) is 20.8 Å². The van der Waals surface area contributed by atoms with E-state index in [1.165, 1.54) is 0 Å². The van der Waals surface area contributed by atoms with Crippen molar-refractivity contribution in [2.45, 2.75) is 32.5 Å². The second-order valence-corrected chi connectivity index (χ2v) is 2.83. The second-order valence-electron chi connectivity index (χ2n) is 2.83. The molecule has 0 aromatic heterocycles. The van der Waals surface area contributed by atoms with Gasteiger partial charge in [-0.1, -0.05) is 0 Å². The zero-order valence-corrected chi connectivity index (χ0v) is 7.89. The van der Waals surface area contributed by atoms with Crippen LogP contribution in [0.5, 0.6) is 0 Å². The van der Waals surface area contributed by atoms with Crippen LogP contribution in [0.15, 0.2) is 0 Å². The minimum Gasteiger partial charge on any atom is -0.379 e. The van der Waals surface area contributed by atoms with Crippen LogP contribution >= 0.6 is 0 Å². The summed E-state index contributed by atoms with van der Waals surface area (Å²) in [6, 6.07) is 0. The highest BCUT2D eigenvalue weighted by Crippen LogP contribution is 2.15. The molecule has 0 aliphatic heterocycles. The number of ether oxygens (including phenoxy) is 2. The van der Waals surface area contributed by atoms with E-state index in [0.717, 1.165) is 0 Å². The van der Waals surface area contributed by atoms with E-state index in [9.17, 15) is 0 Å². The maximum absolute atomic E-state index is 5.56. The summed E-state index contributed by atoms with van der Waals surface area (Å²) >= 11 is 0. The highest BCUT2D eigenvalue weighted by atomic mass is 16.5. The number of rotatable bonds is 5. The fourth-order valence-electron chi connectivity index (χ4n) is 0.921. The largest absolute Gasteiger partial charge is 0.379 e. The minimum absolute atomic E-state index is 0.0347. The molecular weight excluding hydrogens is 142 g/mol. The molecule has 0 aromatic carbocycles. The molecule has 68 valence electrons. The smallest absolute Gasteiger partial charge is 0.103 e. The van der Waals surface area contributed by atoms with Crippen LogP contribution in [-0.2, 0) is 9.47 Å². The maximum Gasteiger partial charge on any atom is 0.103 e. The van der Waals surface area contributed by atoms with Crippen molar-refractivity contribution >= 4 is 0 Å². The van der Waals surface area contributed by atoms with E-state index < -0.39 is 0 Å². The average Bonchev–Trinajstić information content (AvgIpc) is 2.03. The van der Waals surface area contributed by atoms with Crippen LogP contribution in [0.2, 0.25) is 0 Å². The quantitative estimate of drug-likeness (QED) is 0.648. The lowest BCUT2D eigenvalue weighted by Gasteiger charge is -2.33. The molecule has 11 heavy (non-hydrogen) atoms. The standard InChI is InChI=1S/C8H19NO2/c1-5-11-8(3,6-9)7(2)10-4/h7H,5-6,9H2,1-4H3. The van der Waals surface area contributed by atoms with Gasteiger partial charge in [0.25, 0.3) is 0 Å². The first-order chi connectivity index (χ1) is 5.10. The van der Waals surface area contributed by atoms with E-state index in [1.807, 2.05) is 20.8 Å². The Morgan fingerprint density at radius 1 is 1.55 bits per heavy atom. The predicted molar refractivity (Wildman–Crippen MR) is 45.6 cm³/mol. The molecule has 0 heterocycles. The molecule has 3 heteroatoms. The Morgan fingerprint density at radius 3 is 2.36 bits per heavy atom. The number of hydrogen-bond acceptors (Lipinski definition) is 3. The summed E-state index contributed by atoms with van der Waals surface area (Å²) in [7, 11) is 1.66. The molecule has 0 saturated heterocycles. The molecule has 2 unspecified atom stereocenters. The third-order valence-corrected chi connectivity index (χ3v) is 2.09. The van der Waals surface area contributed by atoms with E-state index in [-0.39, 0.29) is 11.7 Å². The summed E-state index contributed by atoms with van der Waals surface area (Å²) in [5.41, 5.74) is 5.22. The lowest BCUT2D eigenvalue weighted by atomic mass is 10.0. The minimum atomic E-state index is -0.344. The highest BCUT2D eigenvalue weighted by molar-refractivity contribution is 4.82. The van der Waals surface area contributed by atoms with Crippen molar-refractivity contribution in [2.75, 3.05) is 20.3 Å². The van der Waals surface area contributed by atoms with Crippen LogP contribution in [0.1, 0.15) is 20.8 Å². The number of hydrogen-bond donors (Lipinski definition) is 1. The lowest BCUT2D eigenvalue weighted by Crippen LogP contribution is -2.47. The Morgan fingerprint density at radius 2 is 2.09 bits per heavy atom. The van der Waals surface area contributed by atoms with Crippen molar-refractivity contribution in [1.29, 1.82) is 0 Å². The molecule has 0 rings (SSSR count). The molecule has 0 radical (unpaired) electrons. The summed E-state index contributed by atoms with van der Waals surface area (Å²) in [6.07, 6.45) is 0.0347. The molecule has 0 bridgehead atoms. The van der Waals surface area contributed by atoms with Gasteiger partial charge in [0, 0.05) is 20.3 Å². The van der Waals surface area contributed by atoms with Crippen LogP contribution in [0.3, 0.4) is 0 Å². The summed E-state index contributed by atoms with van der Waals surface area (Å²) in [4.78, 5) is 0. The number of nitrogens with two attached hydrogens (primary N) is 1. The van der Waals surface area contributed by atoms with Crippen molar-refractivity contribution in [3.8, 4) is 0 Å². The molecule has 0 saturated carbocycles. The molecule has 0 aromatic rings. The maximum atomic E-state index is 5.56. The van der Waals surface area contributed by atoms with Crippen LogP contribution in [0.25, 0.3) is 0 Å². The fraction of sp³-hybridized carbons (Fsp3) is 1.00. The van der Waals surface area contributed by atoms with Crippen LogP contribution in [0.4, 0.5) is 0 Å². The van der Waals surface area contributed by atoms with Crippen molar-refractivity contribution in [3.63, 3.8) is 0 Å². The van der Waals surface area contributed by atoms with Gasteiger partial charge < -0.3 is 15.2 Å².